The maximum atomic E-state index is 11.5. The Morgan fingerprint density at radius 3 is 3.07 bits per heavy atom. The summed E-state index contributed by atoms with van der Waals surface area (Å²) in [6.45, 7) is -0.291. The quantitative estimate of drug-likeness (QED) is 0.393. The van der Waals surface area contributed by atoms with Crippen molar-refractivity contribution >= 4 is 17.0 Å². The van der Waals surface area contributed by atoms with Crippen LogP contribution in [0.1, 0.15) is 5.69 Å². The number of aromatic nitrogens is 4. The molecule has 2 aromatic rings. The van der Waals surface area contributed by atoms with Crippen LogP contribution in [0.3, 0.4) is 0 Å². The summed E-state index contributed by atoms with van der Waals surface area (Å²) in [4.78, 5) is 17.6. The summed E-state index contributed by atoms with van der Waals surface area (Å²) in [6.07, 6.45) is 0. The molecule has 15 heavy (non-hydrogen) atoms. The standard InChI is InChI=1S/C8H7N5O2/c9-8-10-6-5(7(15)11-8)4(12-13-6)2-1-3-14/h14H,3H2,(H4,9,10,11,12,13,15). The Balaban J connectivity index is 2.75. The van der Waals surface area contributed by atoms with Gasteiger partial charge in [0.25, 0.3) is 5.56 Å². The van der Waals surface area contributed by atoms with E-state index in [4.69, 9.17) is 10.8 Å². The Bertz CT molecular complexity index is 615. The van der Waals surface area contributed by atoms with Crippen LogP contribution in [0.5, 0.6) is 0 Å². The van der Waals surface area contributed by atoms with Gasteiger partial charge in [-0.15, -0.1) is 0 Å². The highest BCUT2D eigenvalue weighted by atomic mass is 16.2. The van der Waals surface area contributed by atoms with E-state index < -0.39 is 5.56 Å². The summed E-state index contributed by atoms with van der Waals surface area (Å²) in [5.41, 5.74) is 5.45. The van der Waals surface area contributed by atoms with Crippen LogP contribution in [0.4, 0.5) is 5.95 Å². The summed E-state index contributed by atoms with van der Waals surface area (Å²) >= 11 is 0. The van der Waals surface area contributed by atoms with Crippen molar-refractivity contribution < 1.29 is 5.11 Å². The molecule has 0 saturated heterocycles. The zero-order chi connectivity index (χ0) is 10.8. The summed E-state index contributed by atoms with van der Waals surface area (Å²) in [5, 5.41) is 15.1. The largest absolute Gasteiger partial charge is 0.384 e. The second-order valence-electron chi connectivity index (χ2n) is 2.71. The fraction of sp³-hybridized carbons (Fsp3) is 0.125. The van der Waals surface area contributed by atoms with Gasteiger partial charge in [0.2, 0.25) is 5.95 Å². The molecule has 0 atom stereocenters. The van der Waals surface area contributed by atoms with Crippen molar-refractivity contribution in [2.75, 3.05) is 12.3 Å². The lowest BCUT2D eigenvalue weighted by Gasteiger charge is -1.90. The van der Waals surface area contributed by atoms with Crippen molar-refractivity contribution in [2.24, 2.45) is 0 Å². The highest BCUT2D eigenvalue weighted by Crippen LogP contribution is 2.07. The van der Waals surface area contributed by atoms with Crippen LogP contribution in [-0.2, 0) is 0 Å². The van der Waals surface area contributed by atoms with Crippen LogP contribution in [0.25, 0.3) is 11.0 Å². The summed E-state index contributed by atoms with van der Waals surface area (Å²) in [6, 6.07) is 0. The monoisotopic (exact) mass is 205 g/mol. The van der Waals surface area contributed by atoms with Crippen molar-refractivity contribution in [3.05, 3.63) is 16.0 Å². The van der Waals surface area contributed by atoms with E-state index in [1.54, 1.807) is 0 Å². The van der Waals surface area contributed by atoms with Gasteiger partial charge >= 0.3 is 0 Å². The van der Waals surface area contributed by atoms with Crippen molar-refractivity contribution in [3.63, 3.8) is 0 Å². The number of anilines is 1. The number of nitrogens with zero attached hydrogens (tertiary/aromatic N) is 2. The maximum Gasteiger partial charge on any atom is 0.264 e. The Kier molecular flexibility index (Phi) is 2.11. The lowest BCUT2D eigenvalue weighted by atomic mass is 10.3. The third kappa shape index (κ3) is 1.53. The van der Waals surface area contributed by atoms with E-state index in [9.17, 15) is 4.79 Å². The number of fused-ring (bicyclic) bond motifs is 1. The normalized spacial score (nSPS) is 9.93. The van der Waals surface area contributed by atoms with E-state index >= 15 is 0 Å². The van der Waals surface area contributed by atoms with Crippen LogP contribution < -0.4 is 11.3 Å². The van der Waals surface area contributed by atoms with Gasteiger partial charge in [-0.3, -0.25) is 14.9 Å². The highest BCUT2D eigenvalue weighted by molar-refractivity contribution is 5.80. The van der Waals surface area contributed by atoms with Crippen molar-refractivity contribution in [1.82, 2.24) is 20.2 Å². The molecule has 2 rings (SSSR count). The van der Waals surface area contributed by atoms with Crippen LogP contribution in [0.2, 0.25) is 0 Å². The lowest BCUT2D eigenvalue weighted by Crippen LogP contribution is -2.11. The molecule has 5 N–H and O–H groups in total. The van der Waals surface area contributed by atoms with E-state index in [-0.39, 0.29) is 23.6 Å². The Labute approximate surface area is 83.3 Å². The van der Waals surface area contributed by atoms with E-state index in [1.165, 1.54) is 0 Å². The first kappa shape index (κ1) is 9.23. The lowest BCUT2D eigenvalue weighted by molar-refractivity contribution is 0.350. The van der Waals surface area contributed by atoms with E-state index in [1.807, 2.05) is 0 Å². The molecule has 76 valence electrons. The second-order valence-corrected chi connectivity index (χ2v) is 2.71. The molecule has 0 unspecified atom stereocenters. The number of nitrogen functional groups attached to an aromatic ring is 1. The summed E-state index contributed by atoms with van der Waals surface area (Å²) in [7, 11) is 0. The molecule has 2 heterocycles. The predicted octanol–water partition coefficient (Wildman–Crippen LogP) is -1.43. The topological polar surface area (TPSA) is 121 Å². The van der Waals surface area contributed by atoms with E-state index in [0.29, 0.717) is 5.69 Å². The number of nitrogens with two attached hydrogens (primary N) is 1. The average Bonchev–Trinajstić information content (AvgIpc) is 2.58. The summed E-state index contributed by atoms with van der Waals surface area (Å²) in [5.74, 6) is 4.97. The zero-order valence-electron chi connectivity index (χ0n) is 7.53. The van der Waals surface area contributed by atoms with E-state index in [2.05, 4.69) is 32.0 Å². The van der Waals surface area contributed by atoms with Crippen molar-refractivity contribution in [1.29, 1.82) is 0 Å². The predicted molar refractivity (Wildman–Crippen MR) is 52.9 cm³/mol. The molecule has 0 bridgehead atoms. The highest BCUT2D eigenvalue weighted by Gasteiger charge is 2.09. The van der Waals surface area contributed by atoms with Gasteiger partial charge < -0.3 is 10.8 Å². The Morgan fingerprint density at radius 1 is 1.53 bits per heavy atom. The molecule has 7 nitrogen and oxygen atoms in total. The van der Waals surface area contributed by atoms with Gasteiger partial charge in [0, 0.05) is 0 Å². The SMILES string of the molecule is Nc1nc2n[nH]c(C#CCO)c2c(=O)[nH]1. The number of aromatic amines is 2. The Morgan fingerprint density at radius 2 is 2.33 bits per heavy atom. The van der Waals surface area contributed by atoms with E-state index in [0.717, 1.165) is 0 Å². The molecule has 7 heteroatoms. The first-order valence-electron chi connectivity index (χ1n) is 4.06. The molecular weight excluding hydrogens is 198 g/mol. The number of nitrogens with one attached hydrogen (secondary N) is 2. The third-order valence-electron chi connectivity index (χ3n) is 1.73. The smallest absolute Gasteiger partial charge is 0.264 e. The fourth-order valence-electron chi connectivity index (χ4n) is 1.17. The van der Waals surface area contributed by atoms with Crippen LogP contribution in [0.15, 0.2) is 4.79 Å². The van der Waals surface area contributed by atoms with Crippen LogP contribution in [-0.4, -0.2) is 31.9 Å². The van der Waals surface area contributed by atoms with Gasteiger partial charge in [-0.1, -0.05) is 5.92 Å². The first-order valence-corrected chi connectivity index (χ1v) is 4.06. The van der Waals surface area contributed by atoms with Crippen LogP contribution >= 0.6 is 0 Å². The van der Waals surface area contributed by atoms with Gasteiger partial charge in [0.15, 0.2) is 5.65 Å². The molecule has 0 amide bonds. The van der Waals surface area contributed by atoms with Gasteiger partial charge in [-0.2, -0.15) is 10.1 Å². The molecule has 0 aliphatic rings. The van der Waals surface area contributed by atoms with Gasteiger partial charge in [0.05, 0.1) is 0 Å². The minimum atomic E-state index is -0.409. The minimum absolute atomic E-state index is 0.000618. The molecule has 0 aliphatic heterocycles. The molecule has 0 spiro atoms. The van der Waals surface area contributed by atoms with Crippen molar-refractivity contribution in [3.8, 4) is 11.8 Å². The number of aliphatic hydroxyl groups is 1. The second kappa shape index (κ2) is 3.43. The number of H-pyrrole nitrogens is 2. The first-order chi connectivity index (χ1) is 7.22. The van der Waals surface area contributed by atoms with Gasteiger partial charge in [-0.05, 0) is 5.92 Å². The molecular formula is C8H7N5O2. The molecule has 0 aliphatic carbocycles. The van der Waals surface area contributed by atoms with Gasteiger partial charge in [-0.25, -0.2) is 0 Å². The maximum absolute atomic E-state index is 11.5. The average molecular weight is 205 g/mol. The third-order valence-corrected chi connectivity index (χ3v) is 1.73. The number of hydrogen-bond acceptors (Lipinski definition) is 5. The molecule has 0 fully saturated rings. The summed E-state index contributed by atoms with van der Waals surface area (Å²) < 4.78 is 0. The number of hydrogen-bond donors (Lipinski definition) is 4. The zero-order valence-corrected chi connectivity index (χ0v) is 7.53. The molecule has 0 radical (unpaired) electrons. The minimum Gasteiger partial charge on any atom is -0.384 e. The molecule has 0 aromatic carbocycles. The molecule has 2 aromatic heterocycles. The number of aliphatic hydroxyl groups excluding tert-OH is 1. The molecule has 0 saturated carbocycles. The Hall–Kier alpha value is -2.33. The fourth-order valence-corrected chi connectivity index (χ4v) is 1.17. The van der Waals surface area contributed by atoms with Gasteiger partial charge in [0.1, 0.15) is 17.7 Å². The van der Waals surface area contributed by atoms with Crippen molar-refractivity contribution in [2.45, 2.75) is 0 Å². The van der Waals surface area contributed by atoms with Crippen LogP contribution in [0, 0.1) is 11.8 Å². The number of rotatable bonds is 0.